The second kappa shape index (κ2) is 8.77. The molecule has 0 heterocycles. The van der Waals surface area contributed by atoms with Crippen molar-refractivity contribution < 1.29 is 14.3 Å². The van der Waals surface area contributed by atoms with E-state index in [0.29, 0.717) is 13.2 Å². The molecule has 5 nitrogen and oxygen atoms in total. The van der Waals surface area contributed by atoms with E-state index in [-0.39, 0.29) is 12.6 Å². The third kappa shape index (κ3) is 5.12. The summed E-state index contributed by atoms with van der Waals surface area (Å²) in [5.41, 5.74) is 5.49. The van der Waals surface area contributed by atoms with Crippen LogP contribution in [0.15, 0.2) is 30.3 Å². The molecule has 5 heteroatoms. The van der Waals surface area contributed by atoms with E-state index in [1.54, 1.807) is 7.11 Å². The van der Waals surface area contributed by atoms with Gasteiger partial charge in [0.15, 0.2) is 0 Å². The highest BCUT2D eigenvalue weighted by molar-refractivity contribution is 5.86. The maximum atomic E-state index is 12.1. The number of nitrogens with one attached hydrogen (secondary N) is 1. The molecule has 0 bridgehead atoms. The average molecular weight is 294 g/mol. The number of primary amides is 1. The Balaban J connectivity index is 2.89. The average Bonchev–Trinajstić information content (AvgIpc) is 2.46. The highest BCUT2D eigenvalue weighted by Crippen LogP contribution is 2.22. The van der Waals surface area contributed by atoms with Crippen LogP contribution in [0, 0.1) is 0 Å². The minimum absolute atomic E-state index is 0.0975. The Morgan fingerprint density at radius 2 is 1.95 bits per heavy atom. The number of hydrogen-bond acceptors (Lipinski definition) is 4. The number of nitrogens with two attached hydrogens (primary N) is 1. The maximum absolute atomic E-state index is 12.1. The first kappa shape index (κ1) is 17.6. The molecule has 1 rings (SSSR count). The van der Waals surface area contributed by atoms with Gasteiger partial charge in [-0.25, -0.2) is 0 Å². The van der Waals surface area contributed by atoms with Crippen molar-refractivity contribution in [1.29, 1.82) is 0 Å². The van der Waals surface area contributed by atoms with E-state index in [2.05, 4.69) is 5.32 Å². The van der Waals surface area contributed by atoms with Gasteiger partial charge in [0.1, 0.15) is 5.54 Å². The number of rotatable bonds is 10. The zero-order valence-corrected chi connectivity index (χ0v) is 13.1. The van der Waals surface area contributed by atoms with Crippen LogP contribution in [-0.4, -0.2) is 38.9 Å². The molecule has 0 radical (unpaired) electrons. The van der Waals surface area contributed by atoms with Gasteiger partial charge < -0.3 is 15.2 Å². The lowest BCUT2D eigenvalue weighted by Crippen LogP contribution is -2.58. The molecular formula is C16H26N2O3. The Morgan fingerprint density at radius 1 is 1.29 bits per heavy atom. The van der Waals surface area contributed by atoms with E-state index < -0.39 is 11.4 Å². The zero-order chi connectivity index (χ0) is 15.7. The minimum Gasteiger partial charge on any atom is -0.385 e. The van der Waals surface area contributed by atoms with Crippen molar-refractivity contribution in [2.45, 2.75) is 31.8 Å². The van der Waals surface area contributed by atoms with E-state index in [1.165, 1.54) is 0 Å². The third-order valence-electron chi connectivity index (χ3n) is 3.18. The van der Waals surface area contributed by atoms with Crippen molar-refractivity contribution in [3.8, 4) is 0 Å². The van der Waals surface area contributed by atoms with Gasteiger partial charge in [-0.05, 0) is 25.8 Å². The summed E-state index contributed by atoms with van der Waals surface area (Å²) in [6, 6.07) is 9.56. The minimum atomic E-state index is -1.01. The normalized spacial score (nSPS) is 14.1. The number of methoxy groups -OCH3 is 1. The smallest absolute Gasteiger partial charge is 0.244 e. The summed E-state index contributed by atoms with van der Waals surface area (Å²) in [7, 11) is 1.65. The van der Waals surface area contributed by atoms with Crippen molar-refractivity contribution >= 4 is 5.91 Å². The van der Waals surface area contributed by atoms with E-state index in [1.807, 2.05) is 44.2 Å². The molecule has 0 aliphatic rings. The summed E-state index contributed by atoms with van der Waals surface area (Å²) >= 11 is 0. The Labute approximate surface area is 126 Å². The first-order valence-corrected chi connectivity index (χ1v) is 7.22. The standard InChI is InChI=1S/C16H26N2O3/c1-13(2)18-16(15(17)19,12-21-11-7-10-20-3)14-8-5-4-6-9-14/h4-6,8-9,13,18H,7,10-12H2,1-3H3,(H2,17,19). The Kier molecular flexibility index (Phi) is 7.36. The van der Waals surface area contributed by atoms with Gasteiger partial charge >= 0.3 is 0 Å². The van der Waals surface area contributed by atoms with Crippen molar-refractivity contribution in [1.82, 2.24) is 5.32 Å². The highest BCUT2D eigenvalue weighted by Gasteiger charge is 2.39. The molecule has 1 aromatic rings. The maximum Gasteiger partial charge on any atom is 0.244 e. The first-order valence-electron chi connectivity index (χ1n) is 7.22. The Morgan fingerprint density at radius 3 is 2.48 bits per heavy atom. The van der Waals surface area contributed by atoms with Crippen LogP contribution in [0.2, 0.25) is 0 Å². The molecule has 0 saturated carbocycles. The van der Waals surface area contributed by atoms with Gasteiger partial charge in [0.05, 0.1) is 6.61 Å². The number of carbonyl (C=O) groups is 1. The van der Waals surface area contributed by atoms with E-state index in [0.717, 1.165) is 12.0 Å². The van der Waals surface area contributed by atoms with Gasteiger partial charge in [-0.15, -0.1) is 0 Å². The quantitative estimate of drug-likeness (QED) is 0.640. The lowest BCUT2D eigenvalue weighted by molar-refractivity contribution is -0.128. The largest absolute Gasteiger partial charge is 0.385 e. The second-order valence-corrected chi connectivity index (χ2v) is 5.33. The lowest BCUT2D eigenvalue weighted by Gasteiger charge is -2.34. The number of benzene rings is 1. The highest BCUT2D eigenvalue weighted by atomic mass is 16.5. The predicted molar refractivity (Wildman–Crippen MR) is 82.9 cm³/mol. The zero-order valence-electron chi connectivity index (χ0n) is 13.1. The van der Waals surface area contributed by atoms with Gasteiger partial charge in [0.25, 0.3) is 0 Å². The summed E-state index contributed by atoms with van der Waals surface area (Å²) in [6.07, 6.45) is 0.780. The molecule has 1 unspecified atom stereocenters. The molecular weight excluding hydrogens is 268 g/mol. The lowest BCUT2D eigenvalue weighted by atomic mass is 9.89. The topological polar surface area (TPSA) is 73.6 Å². The summed E-state index contributed by atoms with van der Waals surface area (Å²) in [5.74, 6) is -0.436. The molecule has 0 aliphatic heterocycles. The van der Waals surface area contributed by atoms with Crippen LogP contribution in [0.25, 0.3) is 0 Å². The molecule has 21 heavy (non-hydrogen) atoms. The summed E-state index contributed by atoms with van der Waals surface area (Å²) in [4.78, 5) is 12.1. The fraction of sp³-hybridized carbons (Fsp3) is 0.562. The molecule has 3 N–H and O–H groups in total. The van der Waals surface area contributed by atoms with Crippen molar-refractivity contribution in [2.75, 3.05) is 26.9 Å². The van der Waals surface area contributed by atoms with E-state index in [9.17, 15) is 4.79 Å². The molecule has 1 aromatic carbocycles. The van der Waals surface area contributed by atoms with Crippen molar-refractivity contribution in [2.24, 2.45) is 5.73 Å². The number of ether oxygens (including phenoxy) is 2. The van der Waals surface area contributed by atoms with Crippen LogP contribution in [-0.2, 0) is 19.8 Å². The molecule has 1 amide bonds. The number of hydrogen-bond donors (Lipinski definition) is 2. The predicted octanol–water partition coefficient (Wildman–Crippen LogP) is 1.42. The van der Waals surface area contributed by atoms with Crippen LogP contribution in [0.1, 0.15) is 25.8 Å². The molecule has 1 atom stereocenters. The van der Waals surface area contributed by atoms with Gasteiger partial charge in [-0.3, -0.25) is 10.1 Å². The fourth-order valence-corrected chi connectivity index (χ4v) is 2.24. The van der Waals surface area contributed by atoms with Gasteiger partial charge in [-0.2, -0.15) is 0 Å². The molecule has 0 fully saturated rings. The fourth-order valence-electron chi connectivity index (χ4n) is 2.24. The van der Waals surface area contributed by atoms with E-state index >= 15 is 0 Å². The van der Waals surface area contributed by atoms with Crippen LogP contribution in [0.4, 0.5) is 0 Å². The van der Waals surface area contributed by atoms with E-state index in [4.69, 9.17) is 15.2 Å². The molecule has 0 saturated heterocycles. The van der Waals surface area contributed by atoms with Gasteiger partial charge in [0.2, 0.25) is 5.91 Å². The molecule has 118 valence electrons. The van der Waals surface area contributed by atoms with Crippen molar-refractivity contribution in [3.63, 3.8) is 0 Å². The first-order chi connectivity index (χ1) is 10.0. The Hall–Kier alpha value is -1.43. The van der Waals surface area contributed by atoms with Gasteiger partial charge in [-0.1, -0.05) is 30.3 Å². The molecule has 0 aromatic heterocycles. The van der Waals surface area contributed by atoms with Crippen LogP contribution >= 0.6 is 0 Å². The van der Waals surface area contributed by atoms with Crippen LogP contribution in [0.5, 0.6) is 0 Å². The van der Waals surface area contributed by atoms with Crippen LogP contribution < -0.4 is 11.1 Å². The summed E-state index contributed by atoms with van der Waals surface area (Å²) < 4.78 is 10.7. The van der Waals surface area contributed by atoms with Gasteiger partial charge in [0, 0.05) is 26.4 Å². The Bertz CT molecular complexity index is 423. The second-order valence-electron chi connectivity index (χ2n) is 5.33. The SMILES string of the molecule is COCCCOCC(NC(C)C)(C(N)=O)c1ccccc1. The summed E-state index contributed by atoms with van der Waals surface area (Å²) in [6.45, 7) is 5.31. The number of carbonyl (C=O) groups excluding carboxylic acids is 1. The molecule has 0 aliphatic carbocycles. The summed E-state index contributed by atoms with van der Waals surface area (Å²) in [5, 5.41) is 3.27. The monoisotopic (exact) mass is 294 g/mol. The van der Waals surface area contributed by atoms with Crippen LogP contribution in [0.3, 0.4) is 0 Å². The molecule has 0 spiro atoms. The number of amides is 1. The third-order valence-corrected chi connectivity index (χ3v) is 3.18. The van der Waals surface area contributed by atoms with Crippen molar-refractivity contribution in [3.05, 3.63) is 35.9 Å².